The minimum atomic E-state index is -0.849. The fraction of sp³-hybridized carbons (Fsp3) is 0.210. The molecule has 8 aliphatic rings. The van der Waals surface area contributed by atoms with Crippen molar-refractivity contribution in [3.63, 3.8) is 0 Å². The lowest BCUT2D eigenvalue weighted by atomic mass is 9.90. The molecule has 8 heterocycles. The van der Waals surface area contributed by atoms with Crippen molar-refractivity contribution >= 4 is 49.2 Å². The molecule has 9 atom stereocenters. The van der Waals surface area contributed by atoms with Gasteiger partial charge in [-0.1, -0.05) is 236 Å². The Morgan fingerprint density at radius 2 is 0.841 bits per heavy atom. The summed E-state index contributed by atoms with van der Waals surface area (Å²) in [4.78, 5) is 85.9. The van der Waals surface area contributed by atoms with Crippen molar-refractivity contribution in [2.75, 3.05) is 0 Å². The first-order valence-electron chi connectivity index (χ1n) is 32.3. The van der Waals surface area contributed by atoms with Crippen LogP contribution in [0, 0.1) is 30.3 Å². The number of cyclic esters (lactones) is 16. The highest BCUT2D eigenvalue weighted by atomic mass is 19.1. The molecule has 14 rings (SSSR count). The lowest BCUT2D eigenvalue weighted by molar-refractivity contribution is 0.0607. The summed E-state index contributed by atoms with van der Waals surface area (Å²) in [6, 6.07) is 53.7. The van der Waals surface area contributed by atoms with E-state index >= 15 is 0 Å². The molecule has 0 aliphatic carbocycles. The summed E-state index contributed by atoms with van der Waals surface area (Å²) in [5.74, 6) is 6.69. The highest BCUT2D eigenvalue weighted by molar-refractivity contribution is 5.69. The molecular formula is C81H72F2O24. The van der Waals surface area contributed by atoms with Crippen molar-refractivity contribution in [1.82, 2.24) is 0 Å². The standard InChI is InChI=1S/3C12H12O3.C11H10O3.C10H7FO3.C10H8O3.C7H5FO3.C7H6O3/c1-8(10-6-4-3-5-7-10)11-9(2)14-12(13)15-11;1-9-11(15-12(13)14-9)8-7-10-5-3-2-4-6-10;1-3-12(9(2)14-11(13)15-12)10-7-5-4-6-8-10;1-8-11(2,14-10(12)13-8)9-6-4-3-5-7-9;1-6-9(14-10(12)13-6)7-2-4-8(11)5-3-7;1-7-9(13-10(11)12-7)8-5-3-2-4-6-8;1-5-6(3-2-4-8)11-7(9)10-5;1-3-4-6-5(2)9-7(8)10-6/h3-8,11H,2H2,1H3;2-6,11H,1,7-8H2;4-8H,2-3H2,1H3;3-7H,1H2,2H3;2-5,9H,1H2;2-6,9H,1H2;6H,1,3H2;1,6H,2,4H2. The summed E-state index contributed by atoms with van der Waals surface area (Å²) < 4.78 is 100. The molecule has 554 valence electrons. The van der Waals surface area contributed by atoms with Crippen LogP contribution in [0.25, 0.3) is 0 Å². The van der Waals surface area contributed by atoms with E-state index in [1.165, 1.54) is 36.0 Å². The van der Waals surface area contributed by atoms with Gasteiger partial charge in [0.1, 0.15) is 46.5 Å². The second kappa shape index (κ2) is 38.6. The first kappa shape index (κ1) is 80.7. The first-order valence-corrected chi connectivity index (χ1v) is 32.3. The van der Waals surface area contributed by atoms with Crippen molar-refractivity contribution in [1.29, 1.82) is 0 Å². The van der Waals surface area contributed by atoms with E-state index in [4.69, 9.17) is 53.8 Å². The maximum atomic E-state index is 12.6. The molecular weight excluding hydrogens is 1390 g/mol. The third-order valence-corrected chi connectivity index (χ3v) is 15.9. The predicted molar refractivity (Wildman–Crippen MR) is 376 cm³/mol. The van der Waals surface area contributed by atoms with Crippen LogP contribution in [0.1, 0.15) is 98.0 Å². The van der Waals surface area contributed by atoms with Gasteiger partial charge < -0.3 is 75.8 Å². The number of aryl methyl sites for hydroxylation is 1. The van der Waals surface area contributed by atoms with Crippen molar-refractivity contribution in [2.45, 2.75) is 107 Å². The number of terminal acetylenes is 1. The van der Waals surface area contributed by atoms with Gasteiger partial charge in [-0.3, -0.25) is 0 Å². The highest BCUT2D eigenvalue weighted by Gasteiger charge is 2.47. The van der Waals surface area contributed by atoms with E-state index in [1.807, 2.05) is 166 Å². The molecule has 0 amide bonds. The molecule has 0 aromatic heterocycles. The molecule has 0 bridgehead atoms. The number of benzene rings is 6. The minimum absolute atomic E-state index is 0.0603. The number of carbonyl (C=O) groups is 8. The zero-order valence-electron chi connectivity index (χ0n) is 58.1. The van der Waals surface area contributed by atoms with Gasteiger partial charge in [0.2, 0.25) is 0 Å². The molecule has 26 heteroatoms. The summed E-state index contributed by atoms with van der Waals surface area (Å²) in [5.41, 5.74) is 3.92. The quantitative estimate of drug-likeness (QED) is 0.0625. The fourth-order valence-electron chi connectivity index (χ4n) is 10.2. The minimum Gasteiger partial charge on any atom is -0.422 e. The number of halogens is 2. The maximum absolute atomic E-state index is 12.6. The van der Waals surface area contributed by atoms with Gasteiger partial charge in [-0.25, -0.2) is 42.7 Å². The lowest BCUT2D eigenvalue weighted by Gasteiger charge is -2.24. The summed E-state index contributed by atoms with van der Waals surface area (Å²) in [7, 11) is 0. The summed E-state index contributed by atoms with van der Waals surface area (Å²) in [6.45, 7) is 34.3. The van der Waals surface area contributed by atoms with Gasteiger partial charge in [0.15, 0.2) is 59.3 Å². The second-order valence-electron chi connectivity index (χ2n) is 23.0. The smallest absolute Gasteiger partial charge is 0.422 e. The van der Waals surface area contributed by atoms with Gasteiger partial charge >= 0.3 is 49.2 Å². The molecule has 0 N–H and O–H groups in total. The molecule has 6 aromatic carbocycles. The van der Waals surface area contributed by atoms with Crippen LogP contribution in [0.3, 0.4) is 0 Å². The van der Waals surface area contributed by atoms with E-state index in [2.05, 4.69) is 92.9 Å². The Morgan fingerprint density at radius 3 is 1.24 bits per heavy atom. The van der Waals surface area contributed by atoms with Crippen molar-refractivity contribution in [3.8, 4) is 24.4 Å². The average Bonchev–Trinajstić information content (AvgIpc) is 1.66. The predicted octanol–water partition coefficient (Wildman–Crippen LogP) is 18.4. The molecule has 9 unspecified atom stereocenters. The number of hydrogen-bond donors (Lipinski definition) is 0. The van der Waals surface area contributed by atoms with Crippen LogP contribution in [-0.2, 0) is 93.4 Å². The normalized spacial score (nSPS) is 22.4. The first-order chi connectivity index (χ1) is 51.2. The number of rotatable bonds is 12. The Morgan fingerprint density at radius 1 is 0.439 bits per heavy atom. The van der Waals surface area contributed by atoms with Crippen LogP contribution < -0.4 is 0 Å². The topological polar surface area (TPSA) is 284 Å². The Hall–Kier alpha value is -13.6. The zero-order chi connectivity index (χ0) is 77.8. The Kier molecular flexibility index (Phi) is 29.1. The molecule has 0 spiro atoms. The Balaban J connectivity index is 0.000000171. The van der Waals surface area contributed by atoms with E-state index in [0.29, 0.717) is 59.4 Å². The van der Waals surface area contributed by atoms with E-state index in [9.17, 15) is 47.1 Å². The summed E-state index contributed by atoms with van der Waals surface area (Å²) in [6.07, 6.45) is 0.302. The van der Waals surface area contributed by atoms with Gasteiger partial charge in [-0.15, -0.1) is 16.7 Å². The SMILES string of the molecule is C#CCC1OC(=O)OC1=C.C=C1OC(=O)OC1(C)c1ccccc1.C=C1OC(=O)OC1(CC)c1ccccc1.C=C1OC(=O)OC1C(C)c1ccccc1.C=C1OC(=O)OC1CC#CF.C=C1OC(=O)OC1CCc1ccccc1.C=C1OC(=O)OC1c1ccc(F)cc1.C=C1OC(=O)OC1c1ccccc1. The number of ether oxygens (including phenoxy) is 16. The van der Waals surface area contributed by atoms with Gasteiger partial charge in [0, 0.05) is 28.2 Å². The van der Waals surface area contributed by atoms with E-state index in [0.717, 1.165) is 28.7 Å². The van der Waals surface area contributed by atoms with E-state index in [-0.39, 0.29) is 41.9 Å². The summed E-state index contributed by atoms with van der Waals surface area (Å²) in [5, 5.41) is 0. The van der Waals surface area contributed by atoms with Crippen molar-refractivity contribution < 1.29 is 123 Å². The maximum Gasteiger partial charge on any atom is 0.515 e. The van der Waals surface area contributed by atoms with Crippen LogP contribution in [-0.4, -0.2) is 73.7 Å². The van der Waals surface area contributed by atoms with Crippen LogP contribution in [0.15, 0.2) is 275 Å². The van der Waals surface area contributed by atoms with E-state index in [1.54, 1.807) is 6.92 Å². The zero-order valence-corrected chi connectivity index (χ0v) is 58.1. The Bertz CT molecular complexity index is 4390. The largest absolute Gasteiger partial charge is 0.515 e. The molecule has 0 saturated carbocycles. The third kappa shape index (κ3) is 22.9. The Labute approximate surface area is 614 Å². The molecule has 0 radical (unpaired) electrons. The van der Waals surface area contributed by atoms with Crippen molar-refractivity contribution in [3.05, 3.63) is 314 Å². The molecule has 8 saturated heterocycles. The number of carbonyl (C=O) groups excluding carboxylic acids is 8. The molecule has 8 fully saturated rings. The van der Waals surface area contributed by atoms with Crippen LogP contribution in [0.2, 0.25) is 0 Å². The molecule has 107 heavy (non-hydrogen) atoms. The van der Waals surface area contributed by atoms with E-state index < -0.39 is 84.9 Å². The number of hydrogen-bond acceptors (Lipinski definition) is 24. The van der Waals surface area contributed by atoms with Gasteiger partial charge in [0.25, 0.3) is 0 Å². The van der Waals surface area contributed by atoms with Gasteiger partial charge in [0.05, 0.1) is 12.8 Å². The second-order valence-corrected chi connectivity index (χ2v) is 23.0. The highest BCUT2D eigenvalue weighted by Crippen LogP contribution is 2.43. The van der Waals surface area contributed by atoms with Crippen LogP contribution in [0.5, 0.6) is 0 Å². The summed E-state index contributed by atoms with van der Waals surface area (Å²) >= 11 is 0. The average molecular weight is 1470 g/mol. The van der Waals surface area contributed by atoms with Crippen molar-refractivity contribution in [2.24, 2.45) is 0 Å². The molecule has 8 aliphatic heterocycles. The van der Waals surface area contributed by atoms with Gasteiger partial charge in [-0.05, 0) is 49.4 Å². The third-order valence-electron chi connectivity index (χ3n) is 15.9. The molecule has 6 aromatic rings. The van der Waals surface area contributed by atoms with Crippen LogP contribution >= 0.6 is 0 Å². The fourth-order valence-corrected chi connectivity index (χ4v) is 10.2. The van der Waals surface area contributed by atoms with Gasteiger partial charge in [-0.2, -0.15) is 0 Å². The lowest BCUT2D eigenvalue weighted by Crippen LogP contribution is -2.25. The van der Waals surface area contributed by atoms with Crippen LogP contribution in [0.4, 0.5) is 47.1 Å². The monoisotopic (exact) mass is 1470 g/mol. The molecule has 24 nitrogen and oxygen atoms in total.